The maximum absolute atomic E-state index is 6.39. The van der Waals surface area contributed by atoms with Crippen LogP contribution in [0.5, 0.6) is 5.75 Å². The highest BCUT2D eigenvalue weighted by molar-refractivity contribution is 7.80. The summed E-state index contributed by atoms with van der Waals surface area (Å²) in [7, 11) is 3.45. The van der Waals surface area contributed by atoms with Crippen LogP contribution in [0.2, 0.25) is 5.02 Å². The molecular weight excluding hydrogens is 342 g/mol. The van der Waals surface area contributed by atoms with Gasteiger partial charge in [0.05, 0.1) is 18.9 Å². The van der Waals surface area contributed by atoms with Gasteiger partial charge in [-0.1, -0.05) is 29.8 Å². The van der Waals surface area contributed by atoms with E-state index in [1.54, 1.807) is 14.2 Å². The van der Waals surface area contributed by atoms with E-state index in [9.17, 15) is 0 Å². The van der Waals surface area contributed by atoms with Crippen molar-refractivity contribution >= 4 is 34.6 Å². The molecule has 1 aliphatic heterocycles. The Balaban J connectivity index is 1.95. The molecule has 3 rings (SSSR count). The Kier molecular flexibility index (Phi) is 5.02. The van der Waals surface area contributed by atoms with Crippen molar-refractivity contribution in [1.29, 1.82) is 0 Å². The van der Waals surface area contributed by atoms with E-state index in [0.717, 1.165) is 34.0 Å². The molecule has 1 N–H and O–H groups in total. The third-order valence-electron chi connectivity index (χ3n) is 4.02. The van der Waals surface area contributed by atoms with Crippen LogP contribution in [0.25, 0.3) is 0 Å². The van der Waals surface area contributed by atoms with E-state index in [0.29, 0.717) is 5.11 Å². The zero-order valence-corrected chi connectivity index (χ0v) is 15.1. The molecular formula is C18H18ClN3OS. The third-order valence-corrected chi connectivity index (χ3v) is 4.76. The zero-order chi connectivity index (χ0) is 17.1. The zero-order valence-electron chi connectivity index (χ0n) is 13.5. The Morgan fingerprint density at radius 2 is 1.96 bits per heavy atom. The summed E-state index contributed by atoms with van der Waals surface area (Å²) in [6, 6.07) is 15.7. The number of hydrogen-bond donors (Lipinski definition) is 1. The van der Waals surface area contributed by atoms with Crippen LogP contribution >= 0.6 is 23.8 Å². The second kappa shape index (κ2) is 7.20. The Hall–Kier alpha value is -2.11. The minimum Gasteiger partial charge on any atom is -0.497 e. The van der Waals surface area contributed by atoms with Crippen molar-refractivity contribution in [3.63, 3.8) is 0 Å². The monoisotopic (exact) mass is 359 g/mol. The van der Waals surface area contributed by atoms with Crippen LogP contribution in [-0.2, 0) is 0 Å². The summed E-state index contributed by atoms with van der Waals surface area (Å²) >= 11 is 11.8. The van der Waals surface area contributed by atoms with E-state index in [4.69, 9.17) is 33.7 Å². The molecule has 0 spiro atoms. The highest BCUT2D eigenvalue weighted by atomic mass is 35.5. The number of nitrogens with zero attached hydrogens (tertiary/aromatic N) is 2. The lowest BCUT2D eigenvalue weighted by molar-refractivity contribution is 0.367. The fourth-order valence-electron chi connectivity index (χ4n) is 2.76. The van der Waals surface area contributed by atoms with Crippen LogP contribution in [0, 0.1) is 0 Å². The Morgan fingerprint density at radius 1 is 1.25 bits per heavy atom. The maximum Gasteiger partial charge on any atom is 0.189 e. The van der Waals surface area contributed by atoms with Crippen molar-refractivity contribution < 1.29 is 4.74 Å². The molecule has 1 heterocycles. The molecule has 4 nitrogen and oxygen atoms in total. The predicted molar refractivity (Wildman–Crippen MR) is 102 cm³/mol. The molecule has 6 heteroatoms. The number of thiocarbonyl (C=S) groups is 1. The lowest BCUT2D eigenvalue weighted by atomic mass is 9.98. The Morgan fingerprint density at radius 3 is 2.58 bits per heavy atom. The van der Waals surface area contributed by atoms with Crippen molar-refractivity contribution in [1.82, 2.24) is 10.3 Å². The van der Waals surface area contributed by atoms with Gasteiger partial charge in [-0.25, -0.2) is 5.01 Å². The van der Waals surface area contributed by atoms with Gasteiger partial charge >= 0.3 is 0 Å². The number of methoxy groups -OCH3 is 1. The van der Waals surface area contributed by atoms with Crippen molar-refractivity contribution in [3.05, 3.63) is 64.7 Å². The van der Waals surface area contributed by atoms with Gasteiger partial charge in [0.1, 0.15) is 5.75 Å². The van der Waals surface area contributed by atoms with Crippen molar-refractivity contribution in [2.24, 2.45) is 5.10 Å². The summed E-state index contributed by atoms with van der Waals surface area (Å²) < 4.78 is 5.22. The largest absolute Gasteiger partial charge is 0.497 e. The van der Waals surface area contributed by atoms with Gasteiger partial charge in [-0.3, -0.25) is 0 Å². The molecule has 0 aromatic heterocycles. The molecule has 0 unspecified atom stereocenters. The van der Waals surface area contributed by atoms with E-state index in [2.05, 4.69) is 5.32 Å². The smallest absolute Gasteiger partial charge is 0.189 e. The molecule has 0 aliphatic carbocycles. The van der Waals surface area contributed by atoms with Crippen molar-refractivity contribution in [3.8, 4) is 5.75 Å². The van der Waals surface area contributed by atoms with Crippen LogP contribution in [0.4, 0.5) is 0 Å². The highest BCUT2D eigenvalue weighted by Crippen LogP contribution is 2.36. The number of hydrogen-bond acceptors (Lipinski definition) is 3. The summed E-state index contributed by atoms with van der Waals surface area (Å²) in [6.45, 7) is 0. The van der Waals surface area contributed by atoms with Gasteiger partial charge in [0.15, 0.2) is 5.11 Å². The van der Waals surface area contributed by atoms with Crippen LogP contribution in [0.1, 0.15) is 23.6 Å². The maximum atomic E-state index is 6.39. The summed E-state index contributed by atoms with van der Waals surface area (Å²) in [5.41, 5.74) is 3.04. The van der Waals surface area contributed by atoms with Crippen molar-refractivity contribution in [2.45, 2.75) is 12.5 Å². The van der Waals surface area contributed by atoms with Gasteiger partial charge in [-0.2, -0.15) is 5.10 Å². The van der Waals surface area contributed by atoms with E-state index in [1.165, 1.54) is 0 Å². The predicted octanol–water partition coefficient (Wildman–Crippen LogP) is 4.00. The number of ether oxygens (including phenoxy) is 1. The Labute approximate surface area is 152 Å². The standard InChI is InChI=1S/C18H18ClN3OS/c1-20-18(24)22-17(14-5-3-4-6-15(14)19)11-16(21-22)12-7-9-13(23-2)10-8-12/h3-10,17H,11H2,1-2H3,(H,20,24)/t17-/m1/s1. The van der Waals surface area contributed by atoms with Crippen LogP contribution < -0.4 is 10.1 Å². The fourth-order valence-corrected chi connectivity index (χ4v) is 3.19. The van der Waals surface area contributed by atoms with E-state index in [-0.39, 0.29) is 6.04 Å². The molecule has 0 saturated carbocycles. The quantitative estimate of drug-likeness (QED) is 0.840. The van der Waals surface area contributed by atoms with Crippen molar-refractivity contribution in [2.75, 3.05) is 14.2 Å². The summed E-state index contributed by atoms with van der Waals surface area (Å²) in [4.78, 5) is 0. The van der Waals surface area contributed by atoms with E-state index in [1.807, 2.05) is 53.5 Å². The summed E-state index contributed by atoms with van der Waals surface area (Å²) in [6.07, 6.45) is 0.734. The second-order valence-electron chi connectivity index (χ2n) is 5.42. The third kappa shape index (κ3) is 3.23. The van der Waals surface area contributed by atoms with Crippen LogP contribution in [0.3, 0.4) is 0 Å². The van der Waals surface area contributed by atoms with Crippen LogP contribution in [-0.4, -0.2) is 30.0 Å². The normalized spacial score (nSPS) is 16.7. The molecule has 124 valence electrons. The SMILES string of the molecule is CNC(=S)N1N=C(c2ccc(OC)cc2)C[C@@H]1c1ccccc1Cl. The molecule has 24 heavy (non-hydrogen) atoms. The Bertz CT molecular complexity index is 776. The average Bonchev–Trinajstić information content (AvgIpc) is 3.06. The van der Waals surface area contributed by atoms with Gasteiger partial charge in [0.25, 0.3) is 0 Å². The average molecular weight is 360 g/mol. The first-order valence-corrected chi connectivity index (χ1v) is 8.40. The van der Waals surface area contributed by atoms with Gasteiger partial charge < -0.3 is 10.1 Å². The number of nitrogens with one attached hydrogen (secondary N) is 1. The van der Waals surface area contributed by atoms with E-state index < -0.39 is 0 Å². The topological polar surface area (TPSA) is 36.9 Å². The lowest BCUT2D eigenvalue weighted by Gasteiger charge is -2.24. The molecule has 2 aromatic carbocycles. The fraction of sp³-hybridized carbons (Fsp3) is 0.222. The number of halogens is 1. The van der Waals surface area contributed by atoms with Gasteiger partial charge in [0.2, 0.25) is 0 Å². The van der Waals surface area contributed by atoms with Gasteiger partial charge in [-0.05, 0) is 53.7 Å². The van der Waals surface area contributed by atoms with Gasteiger partial charge in [-0.15, -0.1) is 0 Å². The first kappa shape index (κ1) is 16.7. The minimum absolute atomic E-state index is 0.0178. The molecule has 0 radical (unpaired) electrons. The van der Waals surface area contributed by atoms with Gasteiger partial charge in [0, 0.05) is 18.5 Å². The molecule has 2 aromatic rings. The summed E-state index contributed by atoms with van der Waals surface area (Å²) in [5, 5.41) is 10.9. The van der Waals surface area contributed by atoms with E-state index >= 15 is 0 Å². The summed E-state index contributed by atoms with van der Waals surface area (Å²) in [5.74, 6) is 0.822. The molecule has 0 bridgehead atoms. The van der Waals surface area contributed by atoms with Crippen LogP contribution in [0.15, 0.2) is 53.6 Å². The molecule has 1 aliphatic rings. The number of rotatable bonds is 3. The first-order chi connectivity index (χ1) is 11.6. The second-order valence-corrected chi connectivity index (χ2v) is 6.21. The molecule has 0 amide bonds. The number of hydrazone groups is 1. The molecule has 1 atom stereocenters. The molecule has 0 fully saturated rings. The lowest BCUT2D eigenvalue weighted by Crippen LogP contribution is -2.34. The highest BCUT2D eigenvalue weighted by Gasteiger charge is 2.32. The molecule has 0 saturated heterocycles. The first-order valence-electron chi connectivity index (χ1n) is 7.61. The minimum atomic E-state index is -0.0178. The number of benzene rings is 2.